The zero-order valence-electron chi connectivity index (χ0n) is 11.9. The fourth-order valence-electron chi connectivity index (χ4n) is 2.54. The Balaban J connectivity index is 1.98. The van der Waals surface area contributed by atoms with Crippen LogP contribution in [0.5, 0.6) is 0 Å². The van der Waals surface area contributed by atoms with Crippen molar-refractivity contribution in [3.05, 3.63) is 34.9 Å². The summed E-state index contributed by atoms with van der Waals surface area (Å²) in [6.07, 6.45) is 1.34. The van der Waals surface area contributed by atoms with Crippen molar-refractivity contribution in [3.63, 3.8) is 0 Å². The van der Waals surface area contributed by atoms with Gasteiger partial charge in [0.1, 0.15) is 0 Å². The predicted octanol–water partition coefficient (Wildman–Crippen LogP) is 2.91. The standard InChI is InChI=1S/C15H19ClN2O3/c1-10(12-6-2-3-7-13(12)16)17-15(21)18-8-4-5-11(9-18)14(19)20/h2-3,6-7,10-11H,4-5,8-9H2,1H3,(H,17,21)(H,19,20)/t10-,11?/m0/s1. The lowest BCUT2D eigenvalue weighted by Crippen LogP contribution is -2.47. The summed E-state index contributed by atoms with van der Waals surface area (Å²) in [5, 5.41) is 12.5. The van der Waals surface area contributed by atoms with Crippen LogP contribution in [0.25, 0.3) is 0 Å². The molecule has 1 unspecified atom stereocenters. The lowest BCUT2D eigenvalue weighted by Gasteiger charge is -2.31. The fourth-order valence-corrected chi connectivity index (χ4v) is 2.84. The topological polar surface area (TPSA) is 69.6 Å². The number of hydrogen-bond donors (Lipinski definition) is 2. The van der Waals surface area contributed by atoms with E-state index in [4.69, 9.17) is 16.7 Å². The Morgan fingerprint density at radius 1 is 1.43 bits per heavy atom. The zero-order valence-corrected chi connectivity index (χ0v) is 12.6. The number of benzene rings is 1. The highest BCUT2D eigenvalue weighted by Crippen LogP contribution is 2.23. The summed E-state index contributed by atoms with van der Waals surface area (Å²) < 4.78 is 0. The van der Waals surface area contributed by atoms with Crippen LogP contribution < -0.4 is 5.32 Å². The van der Waals surface area contributed by atoms with Crippen LogP contribution in [-0.4, -0.2) is 35.1 Å². The second-order valence-electron chi connectivity index (χ2n) is 5.32. The van der Waals surface area contributed by atoms with E-state index < -0.39 is 11.9 Å². The number of urea groups is 1. The summed E-state index contributed by atoms with van der Waals surface area (Å²) >= 11 is 6.11. The van der Waals surface area contributed by atoms with Crippen LogP contribution in [0, 0.1) is 5.92 Å². The molecule has 5 nitrogen and oxygen atoms in total. The Bertz CT molecular complexity index is 535. The van der Waals surface area contributed by atoms with E-state index >= 15 is 0 Å². The molecule has 0 aromatic heterocycles. The van der Waals surface area contributed by atoms with Gasteiger partial charge in [0.05, 0.1) is 12.0 Å². The first-order valence-electron chi connectivity index (χ1n) is 7.01. The van der Waals surface area contributed by atoms with Gasteiger partial charge in [0.15, 0.2) is 0 Å². The van der Waals surface area contributed by atoms with Gasteiger partial charge in [0, 0.05) is 18.1 Å². The molecule has 21 heavy (non-hydrogen) atoms. The first-order valence-corrected chi connectivity index (χ1v) is 7.39. The zero-order chi connectivity index (χ0) is 15.4. The van der Waals surface area contributed by atoms with Gasteiger partial charge in [-0.2, -0.15) is 0 Å². The average Bonchev–Trinajstić information content (AvgIpc) is 2.47. The Labute approximate surface area is 128 Å². The molecular formula is C15H19ClN2O3. The molecule has 2 atom stereocenters. The molecule has 0 radical (unpaired) electrons. The van der Waals surface area contributed by atoms with E-state index in [-0.39, 0.29) is 18.6 Å². The molecule has 0 saturated carbocycles. The molecule has 2 N–H and O–H groups in total. The number of nitrogens with zero attached hydrogens (tertiary/aromatic N) is 1. The van der Waals surface area contributed by atoms with Crippen molar-refractivity contribution in [1.82, 2.24) is 10.2 Å². The molecule has 6 heteroatoms. The molecule has 1 aliphatic rings. The third kappa shape index (κ3) is 3.88. The highest BCUT2D eigenvalue weighted by molar-refractivity contribution is 6.31. The molecule has 1 saturated heterocycles. The minimum absolute atomic E-state index is 0.226. The van der Waals surface area contributed by atoms with Gasteiger partial charge in [-0.25, -0.2) is 4.79 Å². The first-order chi connectivity index (χ1) is 9.99. The highest BCUT2D eigenvalue weighted by Gasteiger charge is 2.28. The largest absolute Gasteiger partial charge is 0.481 e. The van der Waals surface area contributed by atoms with Crippen LogP contribution in [0.1, 0.15) is 31.4 Å². The molecule has 1 heterocycles. The van der Waals surface area contributed by atoms with Crippen molar-refractivity contribution in [2.75, 3.05) is 13.1 Å². The predicted molar refractivity (Wildman–Crippen MR) is 80.3 cm³/mol. The Morgan fingerprint density at radius 2 is 2.14 bits per heavy atom. The summed E-state index contributed by atoms with van der Waals surface area (Å²) in [5.74, 6) is -1.31. The summed E-state index contributed by atoms with van der Waals surface area (Å²) in [6.45, 7) is 2.71. The van der Waals surface area contributed by atoms with Crippen LogP contribution >= 0.6 is 11.6 Å². The van der Waals surface area contributed by atoms with E-state index in [9.17, 15) is 9.59 Å². The molecule has 1 aromatic carbocycles. The fraction of sp³-hybridized carbons (Fsp3) is 0.467. The van der Waals surface area contributed by atoms with Gasteiger partial charge >= 0.3 is 12.0 Å². The van der Waals surface area contributed by atoms with Crippen LogP contribution in [0.3, 0.4) is 0 Å². The maximum atomic E-state index is 12.2. The third-order valence-corrected chi connectivity index (χ3v) is 4.11. The van der Waals surface area contributed by atoms with Gasteiger partial charge < -0.3 is 15.3 Å². The van der Waals surface area contributed by atoms with Crippen molar-refractivity contribution in [2.24, 2.45) is 5.92 Å². The normalized spacial score (nSPS) is 19.9. The summed E-state index contributed by atoms with van der Waals surface area (Å²) in [6, 6.07) is 6.88. The number of amides is 2. The second-order valence-corrected chi connectivity index (χ2v) is 5.72. The Hall–Kier alpha value is -1.75. The molecule has 1 aliphatic heterocycles. The average molecular weight is 311 g/mol. The van der Waals surface area contributed by atoms with E-state index in [0.717, 1.165) is 5.56 Å². The summed E-state index contributed by atoms with van der Waals surface area (Å²) in [7, 11) is 0. The van der Waals surface area contributed by atoms with Crippen molar-refractivity contribution in [1.29, 1.82) is 0 Å². The third-order valence-electron chi connectivity index (χ3n) is 3.77. The first kappa shape index (κ1) is 15.6. The van der Waals surface area contributed by atoms with E-state index in [2.05, 4.69) is 5.32 Å². The number of aliphatic carboxylic acids is 1. The quantitative estimate of drug-likeness (QED) is 0.902. The molecule has 0 bridgehead atoms. The molecule has 2 rings (SSSR count). The van der Waals surface area contributed by atoms with E-state index in [1.807, 2.05) is 25.1 Å². The highest BCUT2D eigenvalue weighted by atomic mass is 35.5. The minimum atomic E-state index is -0.841. The Morgan fingerprint density at radius 3 is 2.81 bits per heavy atom. The number of carbonyl (C=O) groups is 2. The number of halogens is 1. The summed E-state index contributed by atoms with van der Waals surface area (Å²) in [5.41, 5.74) is 0.847. The minimum Gasteiger partial charge on any atom is -0.481 e. The van der Waals surface area contributed by atoms with Crippen molar-refractivity contribution in [3.8, 4) is 0 Å². The Kier molecular flexibility index (Phi) is 5.07. The maximum Gasteiger partial charge on any atom is 0.317 e. The van der Waals surface area contributed by atoms with Crippen molar-refractivity contribution in [2.45, 2.75) is 25.8 Å². The van der Waals surface area contributed by atoms with Crippen LogP contribution in [0.15, 0.2) is 24.3 Å². The van der Waals surface area contributed by atoms with Crippen LogP contribution in [0.2, 0.25) is 5.02 Å². The lowest BCUT2D eigenvalue weighted by atomic mass is 9.98. The van der Waals surface area contributed by atoms with Crippen LogP contribution in [0.4, 0.5) is 4.79 Å². The summed E-state index contributed by atoms with van der Waals surface area (Å²) in [4.78, 5) is 24.8. The maximum absolute atomic E-state index is 12.2. The number of nitrogens with one attached hydrogen (secondary N) is 1. The molecule has 0 spiro atoms. The molecule has 2 amide bonds. The number of likely N-dealkylation sites (tertiary alicyclic amines) is 1. The van der Waals surface area contributed by atoms with Gasteiger partial charge in [-0.3, -0.25) is 4.79 Å². The molecule has 0 aliphatic carbocycles. The lowest BCUT2D eigenvalue weighted by molar-refractivity contribution is -0.143. The molecule has 114 valence electrons. The molecule has 1 fully saturated rings. The number of piperidine rings is 1. The second kappa shape index (κ2) is 6.80. The molecule has 1 aromatic rings. The smallest absolute Gasteiger partial charge is 0.317 e. The number of carbonyl (C=O) groups excluding carboxylic acids is 1. The number of hydrogen-bond acceptors (Lipinski definition) is 2. The number of carboxylic acid groups (broad SMARTS) is 1. The molecular weight excluding hydrogens is 292 g/mol. The number of rotatable bonds is 3. The SMILES string of the molecule is C[C@H](NC(=O)N1CCCC(C(=O)O)C1)c1ccccc1Cl. The van der Waals surface area contributed by atoms with Gasteiger partial charge in [0.2, 0.25) is 0 Å². The number of carboxylic acids is 1. The van der Waals surface area contributed by atoms with E-state index in [1.165, 1.54) is 0 Å². The van der Waals surface area contributed by atoms with E-state index in [0.29, 0.717) is 24.4 Å². The van der Waals surface area contributed by atoms with Crippen LogP contribution in [-0.2, 0) is 4.79 Å². The van der Waals surface area contributed by atoms with Crippen molar-refractivity contribution < 1.29 is 14.7 Å². The van der Waals surface area contributed by atoms with Gasteiger partial charge in [-0.15, -0.1) is 0 Å². The van der Waals surface area contributed by atoms with E-state index in [1.54, 1.807) is 11.0 Å². The van der Waals surface area contributed by atoms with Gasteiger partial charge in [-0.05, 0) is 31.4 Å². The van der Waals surface area contributed by atoms with Gasteiger partial charge in [-0.1, -0.05) is 29.8 Å². The van der Waals surface area contributed by atoms with Crippen molar-refractivity contribution >= 4 is 23.6 Å². The van der Waals surface area contributed by atoms with Gasteiger partial charge in [0.25, 0.3) is 0 Å². The monoisotopic (exact) mass is 310 g/mol.